The fraction of sp³-hybridized carbons (Fsp3) is 0.500. The summed E-state index contributed by atoms with van der Waals surface area (Å²) >= 11 is 0. The fourth-order valence-corrected chi connectivity index (χ4v) is 1.23. The van der Waals surface area contributed by atoms with Gasteiger partial charge < -0.3 is 10.5 Å². The lowest BCUT2D eigenvalue weighted by Gasteiger charge is -2.06. The van der Waals surface area contributed by atoms with Crippen molar-refractivity contribution in [1.82, 2.24) is 0 Å². The summed E-state index contributed by atoms with van der Waals surface area (Å²) in [7, 11) is 0. The lowest BCUT2D eigenvalue weighted by molar-refractivity contribution is -0.420. The molecule has 2 nitrogen and oxygen atoms in total. The summed E-state index contributed by atoms with van der Waals surface area (Å²) in [6, 6.07) is 8.55. The van der Waals surface area contributed by atoms with Gasteiger partial charge in [0.1, 0.15) is 11.8 Å². The number of hydrogen-bond acceptors (Lipinski definition) is 1. The molecule has 1 unspecified atom stereocenters. The van der Waals surface area contributed by atoms with Crippen molar-refractivity contribution in [2.24, 2.45) is 0 Å². The first-order valence-electron chi connectivity index (χ1n) is 5.30. The van der Waals surface area contributed by atoms with Crippen LogP contribution in [0, 0.1) is 0 Å². The van der Waals surface area contributed by atoms with Crippen LogP contribution in [0.1, 0.15) is 38.3 Å². The molecule has 3 N–H and O–H groups in total. The van der Waals surface area contributed by atoms with E-state index in [1.54, 1.807) is 0 Å². The predicted octanol–water partition coefficient (Wildman–Crippen LogP) is 2.17. The molecule has 0 amide bonds. The maximum Gasteiger partial charge on any atom is 0.119 e. The van der Waals surface area contributed by atoms with Gasteiger partial charge in [0.05, 0.1) is 6.61 Å². The Kier molecular flexibility index (Phi) is 4.47. The SMILES string of the molecule is CCCCOc1ccc(C(C)[NH3+])cc1. The first-order chi connectivity index (χ1) is 6.74. The fourth-order valence-electron chi connectivity index (χ4n) is 1.23. The maximum absolute atomic E-state index is 5.56. The van der Waals surface area contributed by atoms with Gasteiger partial charge in [-0.2, -0.15) is 0 Å². The Balaban J connectivity index is 2.47. The molecule has 0 spiro atoms. The molecular formula is C12H20NO+. The number of hydrogen-bond donors (Lipinski definition) is 1. The van der Waals surface area contributed by atoms with Crippen molar-refractivity contribution in [3.8, 4) is 5.75 Å². The topological polar surface area (TPSA) is 36.9 Å². The Hall–Kier alpha value is -1.02. The highest BCUT2D eigenvalue weighted by atomic mass is 16.5. The largest absolute Gasteiger partial charge is 0.494 e. The van der Waals surface area contributed by atoms with E-state index >= 15 is 0 Å². The van der Waals surface area contributed by atoms with E-state index in [-0.39, 0.29) is 0 Å². The summed E-state index contributed by atoms with van der Waals surface area (Å²) in [6.45, 7) is 5.07. The molecule has 0 heterocycles. The highest BCUT2D eigenvalue weighted by Gasteiger charge is 2.01. The minimum atomic E-state index is 0.347. The molecule has 0 aliphatic rings. The number of unbranched alkanes of at least 4 members (excludes halogenated alkanes) is 1. The molecule has 0 aliphatic heterocycles. The molecule has 0 saturated carbocycles. The Morgan fingerprint density at radius 1 is 1.29 bits per heavy atom. The van der Waals surface area contributed by atoms with Crippen molar-refractivity contribution in [2.45, 2.75) is 32.7 Å². The lowest BCUT2D eigenvalue weighted by atomic mass is 10.1. The van der Waals surface area contributed by atoms with Crippen molar-refractivity contribution in [1.29, 1.82) is 0 Å². The van der Waals surface area contributed by atoms with Gasteiger partial charge in [0.15, 0.2) is 0 Å². The Morgan fingerprint density at radius 3 is 2.43 bits per heavy atom. The molecule has 1 aromatic rings. The van der Waals surface area contributed by atoms with Crippen LogP contribution in [-0.4, -0.2) is 6.61 Å². The molecular weight excluding hydrogens is 174 g/mol. The molecule has 0 saturated heterocycles. The molecule has 14 heavy (non-hydrogen) atoms. The van der Waals surface area contributed by atoms with E-state index < -0.39 is 0 Å². The van der Waals surface area contributed by atoms with Crippen LogP contribution in [-0.2, 0) is 0 Å². The molecule has 2 heteroatoms. The van der Waals surface area contributed by atoms with Crippen LogP contribution in [0.25, 0.3) is 0 Å². The van der Waals surface area contributed by atoms with E-state index in [9.17, 15) is 0 Å². The number of ether oxygens (including phenoxy) is 1. The van der Waals surface area contributed by atoms with Crippen LogP contribution in [0.2, 0.25) is 0 Å². The van der Waals surface area contributed by atoms with E-state index in [1.807, 2.05) is 12.1 Å². The minimum absolute atomic E-state index is 0.347. The standard InChI is InChI=1S/C12H19NO/c1-3-4-9-14-12-7-5-11(6-8-12)10(2)13/h5-8,10H,3-4,9,13H2,1-2H3/p+1. The number of rotatable bonds is 5. The van der Waals surface area contributed by atoms with E-state index in [1.165, 1.54) is 12.0 Å². The summed E-state index contributed by atoms with van der Waals surface area (Å²) in [4.78, 5) is 0. The minimum Gasteiger partial charge on any atom is -0.494 e. The van der Waals surface area contributed by atoms with Gasteiger partial charge in [-0.25, -0.2) is 0 Å². The molecule has 1 aromatic carbocycles. The molecule has 0 radical (unpaired) electrons. The van der Waals surface area contributed by atoms with E-state index in [0.29, 0.717) is 6.04 Å². The zero-order valence-corrected chi connectivity index (χ0v) is 9.12. The Labute approximate surface area is 86.1 Å². The first-order valence-corrected chi connectivity index (χ1v) is 5.30. The molecule has 0 aliphatic carbocycles. The van der Waals surface area contributed by atoms with Gasteiger partial charge in [-0.3, -0.25) is 0 Å². The molecule has 0 aromatic heterocycles. The third-order valence-electron chi connectivity index (χ3n) is 2.22. The van der Waals surface area contributed by atoms with Crippen LogP contribution in [0.3, 0.4) is 0 Å². The summed E-state index contributed by atoms with van der Waals surface area (Å²) in [5.74, 6) is 0.961. The number of benzene rings is 1. The van der Waals surface area contributed by atoms with Crippen LogP contribution in [0.5, 0.6) is 5.75 Å². The van der Waals surface area contributed by atoms with Crippen LogP contribution >= 0.6 is 0 Å². The van der Waals surface area contributed by atoms with Crippen LogP contribution < -0.4 is 10.5 Å². The zero-order chi connectivity index (χ0) is 10.4. The van der Waals surface area contributed by atoms with Gasteiger partial charge in [-0.1, -0.05) is 13.3 Å². The third kappa shape index (κ3) is 3.38. The van der Waals surface area contributed by atoms with Crippen LogP contribution in [0.4, 0.5) is 0 Å². The van der Waals surface area contributed by atoms with Gasteiger partial charge in [0.25, 0.3) is 0 Å². The quantitative estimate of drug-likeness (QED) is 0.717. The molecule has 0 bridgehead atoms. The van der Waals surface area contributed by atoms with Gasteiger partial charge in [-0.05, 0) is 37.6 Å². The smallest absolute Gasteiger partial charge is 0.119 e. The van der Waals surface area contributed by atoms with E-state index in [2.05, 4.69) is 31.7 Å². The molecule has 0 fully saturated rings. The average molecular weight is 194 g/mol. The Bertz CT molecular complexity index is 254. The van der Waals surface area contributed by atoms with Gasteiger partial charge >= 0.3 is 0 Å². The molecule has 1 rings (SSSR count). The monoisotopic (exact) mass is 194 g/mol. The summed E-state index contributed by atoms with van der Waals surface area (Å²) in [6.07, 6.45) is 2.29. The second-order valence-corrected chi connectivity index (χ2v) is 3.67. The highest BCUT2D eigenvalue weighted by Crippen LogP contribution is 2.15. The summed E-state index contributed by atoms with van der Waals surface area (Å²) in [5.41, 5.74) is 5.23. The second kappa shape index (κ2) is 5.66. The van der Waals surface area contributed by atoms with Crippen molar-refractivity contribution in [3.05, 3.63) is 29.8 Å². The normalized spacial score (nSPS) is 12.5. The van der Waals surface area contributed by atoms with Crippen molar-refractivity contribution < 1.29 is 10.5 Å². The van der Waals surface area contributed by atoms with E-state index in [4.69, 9.17) is 4.74 Å². The average Bonchev–Trinajstić information content (AvgIpc) is 2.19. The zero-order valence-electron chi connectivity index (χ0n) is 9.12. The van der Waals surface area contributed by atoms with E-state index in [0.717, 1.165) is 18.8 Å². The first kappa shape index (κ1) is 11.1. The molecule has 78 valence electrons. The Morgan fingerprint density at radius 2 is 1.93 bits per heavy atom. The van der Waals surface area contributed by atoms with Crippen LogP contribution in [0.15, 0.2) is 24.3 Å². The lowest BCUT2D eigenvalue weighted by Crippen LogP contribution is -2.51. The summed E-state index contributed by atoms with van der Waals surface area (Å²) < 4.78 is 5.56. The van der Waals surface area contributed by atoms with Gasteiger partial charge in [-0.15, -0.1) is 0 Å². The third-order valence-corrected chi connectivity index (χ3v) is 2.22. The molecule has 1 atom stereocenters. The van der Waals surface area contributed by atoms with Gasteiger partial charge in [0.2, 0.25) is 0 Å². The maximum atomic E-state index is 5.56. The number of quaternary nitrogens is 1. The van der Waals surface area contributed by atoms with Crippen molar-refractivity contribution >= 4 is 0 Å². The second-order valence-electron chi connectivity index (χ2n) is 3.67. The highest BCUT2D eigenvalue weighted by molar-refractivity contribution is 5.28. The van der Waals surface area contributed by atoms with Crippen molar-refractivity contribution in [3.63, 3.8) is 0 Å². The summed E-state index contributed by atoms with van der Waals surface area (Å²) in [5, 5.41) is 0. The predicted molar refractivity (Wildman–Crippen MR) is 58.1 cm³/mol. The van der Waals surface area contributed by atoms with Gasteiger partial charge in [0, 0.05) is 5.56 Å². The van der Waals surface area contributed by atoms with Crippen molar-refractivity contribution in [2.75, 3.05) is 6.61 Å².